The number of anilines is 1. The fraction of sp³-hybridized carbons (Fsp3) is 0.800. The molecule has 7 heteroatoms. The molecule has 1 saturated heterocycles. The zero-order valence-corrected chi connectivity index (χ0v) is 14.2. The Balaban J connectivity index is 1.49. The van der Waals surface area contributed by atoms with Crippen LogP contribution in [0.15, 0.2) is 0 Å². The number of amides is 2. The molecule has 2 atom stereocenters. The van der Waals surface area contributed by atoms with Gasteiger partial charge in [0.25, 0.3) is 0 Å². The maximum atomic E-state index is 12.4. The van der Waals surface area contributed by atoms with Gasteiger partial charge < -0.3 is 15.1 Å². The lowest BCUT2D eigenvalue weighted by Crippen LogP contribution is -2.53. The number of hydrogen-bond acceptors (Lipinski definition) is 5. The van der Waals surface area contributed by atoms with E-state index in [1.807, 2.05) is 4.90 Å². The Kier molecular flexibility index (Phi) is 4.81. The van der Waals surface area contributed by atoms with Crippen LogP contribution in [0.1, 0.15) is 38.9 Å². The number of nitrogens with zero attached hydrogens (tertiary/aromatic N) is 4. The molecular formula is C15H25N5OS. The van der Waals surface area contributed by atoms with Crippen LogP contribution in [-0.2, 0) is 6.42 Å². The predicted octanol–water partition coefficient (Wildman–Crippen LogP) is 2.12. The van der Waals surface area contributed by atoms with Crippen LogP contribution in [0.25, 0.3) is 0 Å². The number of aryl methyl sites for hydroxylation is 1. The molecule has 6 nitrogen and oxygen atoms in total. The van der Waals surface area contributed by atoms with Crippen molar-refractivity contribution in [2.45, 2.75) is 45.6 Å². The Labute approximate surface area is 136 Å². The van der Waals surface area contributed by atoms with Gasteiger partial charge in [-0.2, -0.15) is 4.37 Å². The molecule has 1 aliphatic carbocycles. The Morgan fingerprint density at radius 3 is 2.68 bits per heavy atom. The van der Waals surface area contributed by atoms with Crippen LogP contribution in [0.3, 0.4) is 0 Å². The third-order valence-electron chi connectivity index (χ3n) is 4.78. The lowest BCUT2D eigenvalue weighted by Gasteiger charge is -2.35. The van der Waals surface area contributed by atoms with Gasteiger partial charge >= 0.3 is 6.03 Å². The fourth-order valence-corrected chi connectivity index (χ4v) is 4.03. The molecule has 2 aliphatic rings. The lowest BCUT2D eigenvalue weighted by molar-refractivity contribution is 0.188. The number of nitrogens with one attached hydrogen (secondary N) is 1. The number of aromatic nitrogens is 2. The molecule has 0 aromatic carbocycles. The summed E-state index contributed by atoms with van der Waals surface area (Å²) in [5, 5.41) is 4.20. The van der Waals surface area contributed by atoms with Crippen molar-refractivity contribution in [2.24, 2.45) is 5.92 Å². The summed E-state index contributed by atoms with van der Waals surface area (Å²) in [7, 11) is 0. The van der Waals surface area contributed by atoms with Crippen LogP contribution in [0.5, 0.6) is 0 Å². The molecule has 0 spiro atoms. The summed E-state index contributed by atoms with van der Waals surface area (Å²) in [4.78, 5) is 21.1. The van der Waals surface area contributed by atoms with Crippen LogP contribution in [-0.4, -0.2) is 52.5 Å². The first-order chi connectivity index (χ1) is 10.7. The maximum Gasteiger partial charge on any atom is 0.317 e. The molecule has 0 unspecified atom stereocenters. The van der Waals surface area contributed by atoms with E-state index in [1.54, 1.807) is 0 Å². The molecule has 2 amide bonds. The second-order valence-corrected chi connectivity index (χ2v) is 7.02. The average Bonchev–Trinajstić information content (AvgIpc) is 3.17. The topological polar surface area (TPSA) is 61.4 Å². The minimum atomic E-state index is 0.102. The number of carbonyl (C=O) groups excluding carboxylic acids is 1. The molecule has 3 rings (SSSR count). The summed E-state index contributed by atoms with van der Waals surface area (Å²) in [5.74, 6) is 1.52. The summed E-state index contributed by atoms with van der Waals surface area (Å²) < 4.78 is 4.34. The number of urea groups is 1. The van der Waals surface area contributed by atoms with E-state index in [4.69, 9.17) is 0 Å². The highest BCUT2D eigenvalue weighted by Gasteiger charge is 2.28. The van der Waals surface area contributed by atoms with Crippen molar-refractivity contribution in [2.75, 3.05) is 31.1 Å². The van der Waals surface area contributed by atoms with Crippen LogP contribution >= 0.6 is 11.5 Å². The molecule has 22 heavy (non-hydrogen) atoms. The maximum absolute atomic E-state index is 12.4. The van der Waals surface area contributed by atoms with Crippen molar-refractivity contribution in [3.63, 3.8) is 0 Å². The van der Waals surface area contributed by atoms with Gasteiger partial charge in [-0.1, -0.05) is 20.3 Å². The van der Waals surface area contributed by atoms with E-state index in [2.05, 4.69) is 33.4 Å². The SMILES string of the molecule is CCc1nsc(N2CCN(C(=O)N[C@H]3CCC[C@@H]3C)CC2)n1. The zero-order valence-electron chi connectivity index (χ0n) is 13.4. The first kappa shape index (κ1) is 15.5. The smallest absolute Gasteiger partial charge is 0.317 e. The number of rotatable bonds is 3. The molecule has 0 bridgehead atoms. The summed E-state index contributed by atoms with van der Waals surface area (Å²) >= 11 is 1.46. The van der Waals surface area contributed by atoms with Gasteiger partial charge in [-0.05, 0) is 18.8 Å². The zero-order chi connectivity index (χ0) is 15.5. The Hall–Kier alpha value is -1.37. The highest BCUT2D eigenvalue weighted by atomic mass is 32.1. The van der Waals surface area contributed by atoms with Crippen molar-refractivity contribution in [1.29, 1.82) is 0 Å². The van der Waals surface area contributed by atoms with Crippen molar-refractivity contribution in [1.82, 2.24) is 19.6 Å². The van der Waals surface area contributed by atoms with Crippen molar-refractivity contribution in [3.05, 3.63) is 5.82 Å². The Bertz CT molecular complexity index is 512. The lowest BCUT2D eigenvalue weighted by atomic mass is 10.1. The molecule has 0 radical (unpaired) electrons. The third kappa shape index (κ3) is 3.34. The molecule has 1 saturated carbocycles. The number of hydrogen-bond donors (Lipinski definition) is 1. The standard InChI is InChI=1S/C15H25N5OS/c1-3-13-17-15(22-18-13)20-9-7-19(8-10-20)14(21)16-12-6-4-5-11(12)2/h11-12H,3-10H2,1-2H3,(H,16,21)/t11-,12-/m0/s1. The van der Waals surface area contributed by atoms with E-state index >= 15 is 0 Å². The van der Waals surface area contributed by atoms with E-state index in [1.165, 1.54) is 24.4 Å². The summed E-state index contributed by atoms with van der Waals surface area (Å²) in [5.41, 5.74) is 0. The summed E-state index contributed by atoms with van der Waals surface area (Å²) in [6, 6.07) is 0.464. The normalized spacial score (nSPS) is 25.5. The van der Waals surface area contributed by atoms with Crippen LogP contribution in [0, 0.1) is 5.92 Å². The monoisotopic (exact) mass is 323 g/mol. The summed E-state index contributed by atoms with van der Waals surface area (Å²) in [6.45, 7) is 7.49. The molecular weight excluding hydrogens is 298 g/mol. The van der Waals surface area contributed by atoms with Gasteiger partial charge in [0, 0.05) is 50.2 Å². The fourth-order valence-electron chi connectivity index (χ4n) is 3.23. The van der Waals surface area contributed by atoms with Crippen molar-refractivity contribution in [3.8, 4) is 0 Å². The highest BCUT2D eigenvalue weighted by Crippen LogP contribution is 2.25. The molecule has 1 aromatic rings. The van der Waals surface area contributed by atoms with Gasteiger partial charge in [0.1, 0.15) is 5.82 Å². The largest absolute Gasteiger partial charge is 0.343 e. The van der Waals surface area contributed by atoms with E-state index in [-0.39, 0.29) is 6.03 Å². The molecule has 1 aromatic heterocycles. The highest BCUT2D eigenvalue weighted by molar-refractivity contribution is 7.09. The minimum absolute atomic E-state index is 0.102. The molecule has 1 N–H and O–H groups in total. The number of piperazine rings is 1. The van der Waals surface area contributed by atoms with E-state index < -0.39 is 0 Å². The quantitative estimate of drug-likeness (QED) is 0.925. The van der Waals surface area contributed by atoms with E-state index in [0.717, 1.165) is 50.0 Å². The molecule has 122 valence electrons. The minimum Gasteiger partial charge on any atom is -0.343 e. The second kappa shape index (κ2) is 6.81. The van der Waals surface area contributed by atoms with Crippen molar-refractivity contribution >= 4 is 22.7 Å². The Morgan fingerprint density at radius 2 is 2.09 bits per heavy atom. The van der Waals surface area contributed by atoms with Crippen LogP contribution in [0.4, 0.5) is 9.93 Å². The van der Waals surface area contributed by atoms with E-state index in [0.29, 0.717) is 12.0 Å². The van der Waals surface area contributed by atoms with Crippen LogP contribution < -0.4 is 10.2 Å². The predicted molar refractivity (Wildman–Crippen MR) is 88.4 cm³/mol. The average molecular weight is 323 g/mol. The van der Waals surface area contributed by atoms with Gasteiger partial charge in [-0.15, -0.1) is 0 Å². The van der Waals surface area contributed by atoms with Gasteiger partial charge in [-0.25, -0.2) is 9.78 Å². The van der Waals surface area contributed by atoms with Gasteiger partial charge in [-0.3, -0.25) is 0 Å². The molecule has 1 aliphatic heterocycles. The number of carbonyl (C=O) groups is 1. The van der Waals surface area contributed by atoms with E-state index in [9.17, 15) is 4.79 Å². The second-order valence-electron chi connectivity index (χ2n) is 6.28. The summed E-state index contributed by atoms with van der Waals surface area (Å²) in [6.07, 6.45) is 4.46. The Morgan fingerprint density at radius 1 is 1.32 bits per heavy atom. The first-order valence-electron chi connectivity index (χ1n) is 8.30. The molecule has 2 heterocycles. The van der Waals surface area contributed by atoms with Crippen LogP contribution in [0.2, 0.25) is 0 Å². The van der Waals surface area contributed by atoms with Gasteiger partial charge in [0.15, 0.2) is 0 Å². The first-order valence-corrected chi connectivity index (χ1v) is 9.07. The van der Waals surface area contributed by atoms with Gasteiger partial charge in [0.2, 0.25) is 5.13 Å². The third-order valence-corrected chi connectivity index (χ3v) is 5.60. The molecule has 2 fully saturated rings. The van der Waals surface area contributed by atoms with Crippen molar-refractivity contribution < 1.29 is 4.79 Å². The van der Waals surface area contributed by atoms with Gasteiger partial charge in [0.05, 0.1) is 0 Å².